The minimum atomic E-state index is -2.85. The summed E-state index contributed by atoms with van der Waals surface area (Å²) in [7, 11) is -1.18. The second kappa shape index (κ2) is 15.1. The summed E-state index contributed by atoms with van der Waals surface area (Å²) in [5.41, 5.74) is 2.40. The molecule has 0 amide bonds. The van der Waals surface area contributed by atoms with Crippen LogP contribution in [0.25, 0.3) is 0 Å². The van der Waals surface area contributed by atoms with Gasteiger partial charge in [-0.2, -0.15) is 0 Å². The molecule has 6 heteroatoms. The van der Waals surface area contributed by atoms with Crippen molar-refractivity contribution >= 4 is 18.7 Å². The van der Waals surface area contributed by atoms with E-state index in [1.807, 2.05) is 42.5 Å². The molecule has 0 radical (unpaired) electrons. The zero-order chi connectivity index (χ0) is 33.5. The van der Waals surface area contributed by atoms with Gasteiger partial charge in [-0.3, -0.25) is 0 Å². The maximum atomic E-state index is 11.4. The van der Waals surface area contributed by atoms with Gasteiger partial charge in [0.25, 0.3) is 8.32 Å². The molecular weight excluding hydrogens is 601 g/mol. The monoisotopic (exact) mass is 650 g/mol. The predicted octanol–water partition coefficient (Wildman–Crippen LogP) is 7.32. The van der Waals surface area contributed by atoms with Crippen LogP contribution in [0.5, 0.6) is 5.75 Å². The molecule has 1 fully saturated rings. The van der Waals surface area contributed by atoms with E-state index in [1.54, 1.807) is 7.11 Å². The first-order chi connectivity index (χ1) is 22.6. The number of methoxy groups -OCH3 is 1. The highest BCUT2D eigenvalue weighted by atomic mass is 28.4. The average molecular weight is 651 g/mol. The van der Waals surface area contributed by atoms with Crippen molar-refractivity contribution in [2.24, 2.45) is 11.3 Å². The minimum Gasteiger partial charge on any atom is -0.497 e. The Morgan fingerprint density at radius 1 is 0.787 bits per heavy atom. The quantitative estimate of drug-likeness (QED) is 0.121. The average Bonchev–Trinajstić information content (AvgIpc) is 3.08. The standard InChI is InChI=1S/C41H50O5Si/c1-31-37(29-46-47(40(2,3)4,35-18-12-8-13-19-35)36-20-14-9-15-21-36)41(5,30-44-27-33-22-24-34(43-6)25-23-33)39(26-38(31)42)45-28-32-16-10-7-11-17-32/h7-25,37-39,42H,1,26-30H2,2-6H3/t37-,38+,39+,41+/m1/s1. The fourth-order valence-electron chi connectivity index (χ4n) is 7.10. The molecule has 4 aromatic carbocycles. The summed E-state index contributed by atoms with van der Waals surface area (Å²) in [6.45, 7) is 15.2. The van der Waals surface area contributed by atoms with E-state index in [0.29, 0.717) is 32.8 Å². The van der Waals surface area contributed by atoms with Gasteiger partial charge >= 0.3 is 0 Å². The minimum absolute atomic E-state index is 0.186. The zero-order valence-corrected chi connectivity index (χ0v) is 29.5. The van der Waals surface area contributed by atoms with E-state index in [0.717, 1.165) is 22.4 Å². The lowest BCUT2D eigenvalue weighted by atomic mass is 9.63. The van der Waals surface area contributed by atoms with Crippen LogP contribution in [0.3, 0.4) is 0 Å². The maximum absolute atomic E-state index is 11.4. The van der Waals surface area contributed by atoms with E-state index in [-0.39, 0.29) is 17.1 Å². The van der Waals surface area contributed by atoms with Crippen molar-refractivity contribution in [2.75, 3.05) is 20.3 Å². The molecule has 1 N–H and O–H groups in total. The molecule has 0 aromatic heterocycles. The van der Waals surface area contributed by atoms with E-state index in [9.17, 15) is 5.11 Å². The van der Waals surface area contributed by atoms with Crippen LogP contribution >= 0.6 is 0 Å². The Labute approximate surface area is 282 Å². The lowest BCUT2D eigenvalue weighted by Gasteiger charge is -2.51. The highest BCUT2D eigenvalue weighted by Gasteiger charge is 2.54. The Kier molecular flexibility index (Phi) is 11.2. The Bertz CT molecular complexity index is 1510. The number of hydrogen-bond donors (Lipinski definition) is 1. The van der Waals surface area contributed by atoms with Crippen molar-refractivity contribution in [2.45, 2.75) is 64.6 Å². The van der Waals surface area contributed by atoms with Gasteiger partial charge in [0.15, 0.2) is 0 Å². The van der Waals surface area contributed by atoms with Crippen molar-refractivity contribution in [3.8, 4) is 5.75 Å². The summed E-state index contributed by atoms with van der Waals surface area (Å²) in [5.74, 6) is 0.595. The Morgan fingerprint density at radius 2 is 1.32 bits per heavy atom. The molecule has 0 heterocycles. The van der Waals surface area contributed by atoms with Crippen LogP contribution in [0.2, 0.25) is 5.04 Å². The van der Waals surface area contributed by atoms with Gasteiger partial charge in [-0.1, -0.05) is 137 Å². The molecule has 1 saturated carbocycles. The van der Waals surface area contributed by atoms with Crippen molar-refractivity contribution in [3.63, 3.8) is 0 Å². The molecule has 0 spiro atoms. The lowest BCUT2D eigenvalue weighted by Crippen LogP contribution is -2.67. The Morgan fingerprint density at radius 3 is 1.85 bits per heavy atom. The van der Waals surface area contributed by atoms with Crippen LogP contribution in [-0.4, -0.2) is 46.0 Å². The van der Waals surface area contributed by atoms with E-state index in [1.165, 1.54) is 10.4 Å². The van der Waals surface area contributed by atoms with E-state index in [4.69, 9.17) is 18.6 Å². The first-order valence-corrected chi connectivity index (χ1v) is 18.5. The highest BCUT2D eigenvalue weighted by molar-refractivity contribution is 6.99. The summed E-state index contributed by atoms with van der Waals surface area (Å²) in [6.07, 6.45) is -0.547. The molecule has 0 unspecified atom stereocenters. The zero-order valence-electron chi connectivity index (χ0n) is 28.5. The van der Waals surface area contributed by atoms with Crippen LogP contribution < -0.4 is 15.1 Å². The van der Waals surface area contributed by atoms with Crippen LogP contribution in [0.15, 0.2) is 127 Å². The highest BCUT2D eigenvalue weighted by Crippen LogP contribution is 2.47. The predicted molar refractivity (Wildman–Crippen MR) is 193 cm³/mol. The van der Waals surface area contributed by atoms with Crippen LogP contribution in [0.4, 0.5) is 0 Å². The van der Waals surface area contributed by atoms with Crippen molar-refractivity contribution < 1.29 is 23.7 Å². The van der Waals surface area contributed by atoms with Gasteiger partial charge in [0, 0.05) is 24.4 Å². The van der Waals surface area contributed by atoms with Gasteiger partial charge in [0.05, 0.1) is 39.1 Å². The van der Waals surface area contributed by atoms with Gasteiger partial charge in [0.2, 0.25) is 0 Å². The smallest absolute Gasteiger partial charge is 0.261 e. The van der Waals surface area contributed by atoms with Crippen molar-refractivity contribution in [3.05, 3.63) is 139 Å². The van der Waals surface area contributed by atoms with E-state index < -0.39 is 19.8 Å². The molecule has 248 valence electrons. The number of ether oxygens (including phenoxy) is 3. The van der Waals surface area contributed by atoms with Gasteiger partial charge in [0.1, 0.15) is 5.75 Å². The fourth-order valence-corrected chi connectivity index (χ4v) is 11.7. The Balaban J connectivity index is 1.49. The molecular formula is C41H50O5Si. The van der Waals surface area contributed by atoms with Gasteiger partial charge in [-0.25, -0.2) is 0 Å². The molecule has 4 aromatic rings. The fraction of sp³-hybridized carbons (Fsp3) is 0.366. The van der Waals surface area contributed by atoms with Gasteiger partial charge in [-0.15, -0.1) is 0 Å². The van der Waals surface area contributed by atoms with Crippen molar-refractivity contribution in [1.82, 2.24) is 0 Å². The second-order valence-electron chi connectivity index (χ2n) is 14.0. The van der Waals surface area contributed by atoms with Crippen LogP contribution in [-0.2, 0) is 27.1 Å². The first-order valence-electron chi connectivity index (χ1n) is 16.6. The summed E-state index contributed by atoms with van der Waals surface area (Å²) in [4.78, 5) is 0. The number of aliphatic hydroxyl groups excluding tert-OH is 1. The number of aliphatic hydroxyl groups is 1. The second-order valence-corrected chi connectivity index (χ2v) is 18.3. The molecule has 0 aliphatic heterocycles. The molecule has 1 aliphatic carbocycles. The number of hydrogen-bond acceptors (Lipinski definition) is 5. The lowest BCUT2D eigenvalue weighted by molar-refractivity contribution is -0.141. The molecule has 0 saturated heterocycles. The third-order valence-corrected chi connectivity index (χ3v) is 14.9. The van der Waals surface area contributed by atoms with Crippen LogP contribution in [0, 0.1) is 11.3 Å². The summed E-state index contributed by atoms with van der Waals surface area (Å²) in [5, 5.41) is 13.7. The maximum Gasteiger partial charge on any atom is 0.261 e. The molecule has 47 heavy (non-hydrogen) atoms. The van der Waals surface area contributed by atoms with E-state index in [2.05, 4.69) is 107 Å². The normalized spacial score (nSPS) is 21.8. The molecule has 0 bridgehead atoms. The molecule has 4 atom stereocenters. The first kappa shape index (κ1) is 34.8. The third-order valence-electron chi connectivity index (χ3n) is 9.86. The largest absolute Gasteiger partial charge is 0.497 e. The van der Waals surface area contributed by atoms with Gasteiger partial charge in [-0.05, 0) is 44.2 Å². The Hall–Kier alpha value is -3.52. The SMILES string of the molecule is C=C1[C@@H](CO[Si](c2ccccc2)(c2ccccc2)C(C)(C)C)[C@](C)(COCc2ccc(OC)cc2)[C@@H](OCc2ccccc2)C[C@@H]1O. The summed E-state index contributed by atoms with van der Waals surface area (Å²) >= 11 is 0. The third kappa shape index (κ3) is 7.63. The topological polar surface area (TPSA) is 57.2 Å². The van der Waals surface area contributed by atoms with Crippen molar-refractivity contribution in [1.29, 1.82) is 0 Å². The number of rotatable bonds is 13. The number of benzene rings is 4. The van der Waals surface area contributed by atoms with Crippen LogP contribution in [0.1, 0.15) is 45.2 Å². The van der Waals surface area contributed by atoms with E-state index >= 15 is 0 Å². The molecule has 5 nitrogen and oxygen atoms in total. The molecule has 1 aliphatic rings. The van der Waals surface area contributed by atoms with Gasteiger partial charge < -0.3 is 23.7 Å². The molecule has 5 rings (SSSR count). The summed E-state index contributed by atoms with van der Waals surface area (Å²) < 4.78 is 26.0. The summed E-state index contributed by atoms with van der Waals surface area (Å²) in [6, 6.07) is 39.5.